The highest BCUT2D eigenvalue weighted by Crippen LogP contribution is 2.19. The Bertz CT molecular complexity index is 835. The molecule has 0 aliphatic carbocycles. The third-order valence-electron chi connectivity index (χ3n) is 4.13. The molecule has 3 amide bonds. The topological polar surface area (TPSA) is 66.5 Å². The molecule has 0 saturated heterocycles. The molecule has 25 heavy (non-hydrogen) atoms. The van der Waals surface area contributed by atoms with Gasteiger partial charge in [0.25, 0.3) is 5.91 Å². The molecule has 5 nitrogen and oxygen atoms in total. The SMILES string of the molecule is O=C(CCN1C(=O)Cc2ccccc2C1=O)NCc1ccccc1F. The maximum absolute atomic E-state index is 13.5. The molecule has 1 aliphatic rings. The van der Waals surface area contributed by atoms with Crippen LogP contribution in [0.4, 0.5) is 4.39 Å². The summed E-state index contributed by atoms with van der Waals surface area (Å²) in [5.74, 6) is -1.43. The zero-order chi connectivity index (χ0) is 17.8. The summed E-state index contributed by atoms with van der Waals surface area (Å²) in [6, 6.07) is 13.1. The van der Waals surface area contributed by atoms with Crippen molar-refractivity contribution in [3.63, 3.8) is 0 Å². The number of halogens is 1. The van der Waals surface area contributed by atoms with Gasteiger partial charge in [0.2, 0.25) is 11.8 Å². The average molecular weight is 340 g/mol. The van der Waals surface area contributed by atoms with E-state index in [0.29, 0.717) is 16.7 Å². The molecular formula is C19H17FN2O3. The van der Waals surface area contributed by atoms with E-state index in [2.05, 4.69) is 5.32 Å². The van der Waals surface area contributed by atoms with Crippen LogP contribution in [-0.2, 0) is 22.6 Å². The molecule has 0 aromatic heterocycles. The molecule has 0 saturated carbocycles. The lowest BCUT2D eigenvalue weighted by atomic mass is 9.98. The Morgan fingerprint density at radius 2 is 1.80 bits per heavy atom. The van der Waals surface area contributed by atoms with Crippen molar-refractivity contribution in [2.45, 2.75) is 19.4 Å². The van der Waals surface area contributed by atoms with E-state index < -0.39 is 0 Å². The fraction of sp³-hybridized carbons (Fsp3) is 0.211. The van der Waals surface area contributed by atoms with Crippen LogP contribution in [-0.4, -0.2) is 29.2 Å². The van der Waals surface area contributed by atoms with Crippen LogP contribution in [0.5, 0.6) is 0 Å². The van der Waals surface area contributed by atoms with Crippen LogP contribution in [0.1, 0.15) is 27.9 Å². The average Bonchev–Trinajstić information content (AvgIpc) is 2.61. The van der Waals surface area contributed by atoms with Crippen LogP contribution < -0.4 is 5.32 Å². The lowest BCUT2D eigenvalue weighted by Crippen LogP contribution is -2.44. The van der Waals surface area contributed by atoms with Gasteiger partial charge in [-0.05, 0) is 17.7 Å². The second-order valence-electron chi connectivity index (χ2n) is 5.80. The van der Waals surface area contributed by atoms with Crippen molar-refractivity contribution in [2.75, 3.05) is 6.54 Å². The van der Waals surface area contributed by atoms with E-state index in [0.717, 1.165) is 4.90 Å². The largest absolute Gasteiger partial charge is 0.352 e. The van der Waals surface area contributed by atoms with Gasteiger partial charge in [0.15, 0.2) is 0 Å². The molecule has 0 unspecified atom stereocenters. The molecule has 1 heterocycles. The monoisotopic (exact) mass is 340 g/mol. The van der Waals surface area contributed by atoms with Crippen molar-refractivity contribution in [2.24, 2.45) is 0 Å². The number of fused-ring (bicyclic) bond motifs is 1. The summed E-state index contributed by atoms with van der Waals surface area (Å²) in [6.45, 7) is 0.0747. The number of carbonyl (C=O) groups excluding carboxylic acids is 3. The van der Waals surface area contributed by atoms with Crippen LogP contribution in [0, 0.1) is 5.82 Å². The minimum atomic E-state index is -0.388. The molecule has 0 atom stereocenters. The molecule has 0 fully saturated rings. The molecule has 2 aromatic rings. The maximum Gasteiger partial charge on any atom is 0.260 e. The van der Waals surface area contributed by atoms with Gasteiger partial charge in [-0.1, -0.05) is 36.4 Å². The second kappa shape index (κ2) is 7.25. The number of nitrogens with one attached hydrogen (secondary N) is 1. The van der Waals surface area contributed by atoms with E-state index in [-0.39, 0.29) is 49.5 Å². The molecule has 6 heteroatoms. The lowest BCUT2D eigenvalue weighted by molar-refractivity contribution is -0.129. The fourth-order valence-electron chi connectivity index (χ4n) is 2.76. The quantitative estimate of drug-likeness (QED) is 0.847. The van der Waals surface area contributed by atoms with Gasteiger partial charge in [0, 0.05) is 30.6 Å². The van der Waals surface area contributed by atoms with Crippen LogP contribution in [0.15, 0.2) is 48.5 Å². The van der Waals surface area contributed by atoms with Crippen LogP contribution in [0.2, 0.25) is 0 Å². The Morgan fingerprint density at radius 3 is 2.60 bits per heavy atom. The van der Waals surface area contributed by atoms with Gasteiger partial charge in [0.05, 0.1) is 6.42 Å². The van der Waals surface area contributed by atoms with Crippen molar-refractivity contribution in [1.29, 1.82) is 0 Å². The number of amides is 3. The first-order chi connectivity index (χ1) is 12.1. The predicted octanol–water partition coefficient (Wildman–Crippen LogP) is 2.06. The minimum absolute atomic E-state index is 0.00903. The van der Waals surface area contributed by atoms with Crippen LogP contribution in [0.25, 0.3) is 0 Å². The van der Waals surface area contributed by atoms with E-state index in [1.165, 1.54) is 6.07 Å². The van der Waals surface area contributed by atoms with E-state index in [1.54, 1.807) is 42.5 Å². The van der Waals surface area contributed by atoms with Gasteiger partial charge in [-0.2, -0.15) is 0 Å². The number of rotatable bonds is 5. The highest BCUT2D eigenvalue weighted by Gasteiger charge is 2.30. The highest BCUT2D eigenvalue weighted by molar-refractivity contribution is 6.09. The molecule has 2 aromatic carbocycles. The molecule has 0 bridgehead atoms. The maximum atomic E-state index is 13.5. The Labute approximate surface area is 144 Å². The van der Waals surface area contributed by atoms with E-state index in [9.17, 15) is 18.8 Å². The third kappa shape index (κ3) is 3.74. The van der Waals surface area contributed by atoms with Crippen LogP contribution >= 0.6 is 0 Å². The number of hydrogen-bond donors (Lipinski definition) is 1. The molecule has 0 spiro atoms. The normalized spacial score (nSPS) is 13.6. The van der Waals surface area contributed by atoms with Gasteiger partial charge in [-0.25, -0.2) is 4.39 Å². The fourth-order valence-corrected chi connectivity index (χ4v) is 2.76. The number of benzene rings is 2. The molecule has 1 aliphatic heterocycles. The smallest absolute Gasteiger partial charge is 0.260 e. The summed E-state index contributed by atoms with van der Waals surface area (Å²) in [5.41, 5.74) is 1.58. The van der Waals surface area contributed by atoms with Crippen molar-refractivity contribution >= 4 is 17.7 Å². The van der Waals surface area contributed by atoms with Crippen LogP contribution in [0.3, 0.4) is 0 Å². The van der Waals surface area contributed by atoms with Crippen molar-refractivity contribution < 1.29 is 18.8 Å². The first-order valence-corrected chi connectivity index (χ1v) is 7.99. The first-order valence-electron chi connectivity index (χ1n) is 7.99. The van der Waals surface area contributed by atoms with Gasteiger partial charge < -0.3 is 5.32 Å². The number of nitrogens with zero attached hydrogens (tertiary/aromatic N) is 1. The summed E-state index contributed by atoms with van der Waals surface area (Å²) in [7, 11) is 0. The lowest BCUT2D eigenvalue weighted by Gasteiger charge is -2.26. The first kappa shape index (κ1) is 16.8. The highest BCUT2D eigenvalue weighted by atomic mass is 19.1. The van der Waals surface area contributed by atoms with Crippen molar-refractivity contribution in [3.05, 3.63) is 71.0 Å². The summed E-state index contributed by atoms with van der Waals surface area (Å²) < 4.78 is 13.5. The Balaban J connectivity index is 1.56. The predicted molar refractivity (Wildman–Crippen MR) is 89.1 cm³/mol. The standard InChI is InChI=1S/C19H17FN2O3/c20-16-8-4-2-6-14(16)12-21-17(23)9-10-22-18(24)11-13-5-1-3-7-15(13)19(22)25/h1-8H,9-12H2,(H,21,23). The molecular weight excluding hydrogens is 323 g/mol. The van der Waals surface area contributed by atoms with Gasteiger partial charge in [0.1, 0.15) is 5.82 Å². The molecule has 128 valence electrons. The Hall–Kier alpha value is -3.02. The van der Waals surface area contributed by atoms with Crippen molar-refractivity contribution in [3.8, 4) is 0 Å². The summed E-state index contributed by atoms with van der Waals surface area (Å²) in [5, 5.41) is 2.60. The number of hydrogen-bond acceptors (Lipinski definition) is 3. The number of imide groups is 1. The Kier molecular flexibility index (Phi) is 4.88. The minimum Gasteiger partial charge on any atom is -0.352 e. The molecule has 0 radical (unpaired) electrons. The summed E-state index contributed by atoms with van der Waals surface area (Å²) in [6.07, 6.45) is 0.132. The van der Waals surface area contributed by atoms with Gasteiger partial charge in [-0.3, -0.25) is 19.3 Å². The Morgan fingerprint density at radius 1 is 1.08 bits per heavy atom. The molecule has 3 rings (SSSR count). The van der Waals surface area contributed by atoms with Gasteiger partial charge >= 0.3 is 0 Å². The van der Waals surface area contributed by atoms with Crippen molar-refractivity contribution in [1.82, 2.24) is 10.2 Å². The second-order valence-corrected chi connectivity index (χ2v) is 5.80. The van der Waals surface area contributed by atoms with Gasteiger partial charge in [-0.15, -0.1) is 0 Å². The third-order valence-corrected chi connectivity index (χ3v) is 4.13. The molecule has 1 N–H and O–H groups in total. The van der Waals surface area contributed by atoms with E-state index in [1.807, 2.05) is 0 Å². The summed E-state index contributed by atoms with van der Waals surface area (Å²) >= 11 is 0. The summed E-state index contributed by atoms with van der Waals surface area (Å²) in [4.78, 5) is 37.6. The number of carbonyl (C=O) groups is 3. The zero-order valence-corrected chi connectivity index (χ0v) is 13.5. The van der Waals surface area contributed by atoms with E-state index in [4.69, 9.17) is 0 Å². The zero-order valence-electron chi connectivity index (χ0n) is 13.5. The van der Waals surface area contributed by atoms with E-state index >= 15 is 0 Å².